The number of nitriles is 1. The van der Waals surface area contributed by atoms with E-state index in [0.717, 1.165) is 28.2 Å². The summed E-state index contributed by atoms with van der Waals surface area (Å²) in [5.74, 6) is 0.202. The highest BCUT2D eigenvalue weighted by Gasteiger charge is 2.31. The molecule has 0 radical (unpaired) electrons. The molecular weight excluding hydrogens is 328 g/mol. The Hall–Kier alpha value is -2.07. The smallest absolute Gasteiger partial charge is 0.407 e. The van der Waals surface area contributed by atoms with Crippen molar-refractivity contribution in [1.82, 2.24) is 4.90 Å². The van der Waals surface area contributed by atoms with E-state index in [1.807, 2.05) is 6.92 Å². The lowest BCUT2D eigenvalue weighted by molar-refractivity contribution is 0.0599. The SMILES string of the molecule is COC(=O)c1c(CC#N)sc(C(C)C2CCN(C(=O)O)CC2)c1C. The Labute approximate surface area is 145 Å². The van der Waals surface area contributed by atoms with Crippen molar-refractivity contribution in [3.8, 4) is 6.07 Å². The molecule has 1 saturated heterocycles. The lowest BCUT2D eigenvalue weighted by Gasteiger charge is -2.33. The van der Waals surface area contributed by atoms with Crippen molar-refractivity contribution in [3.63, 3.8) is 0 Å². The van der Waals surface area contributed by atoms with Crippen molar-refractivity contribution in [1.29, 1.82) is 5.26 Å². The lowest BCUT2D eigenvalue weighted by atomic mass is 9.83. The number of carboxylic acid groups (broad SMARTS) is 1. The summed E-state index contributed by atoms with van der Waals surface area (Å²) < 4.78 is 4.87. The van der Waals surface area contributed by atoms with Crippen LogP contribution < -0.4 is 0 Å². The number of methoxy groups -OCH3 is 1. The maximum absolute atomic E-state index is 12.1. The molecule has 7 heteroatoms. The maximum Gasteiger partial charge on any atom is 0.407 e. The van der Waals surface area contributed by atoms with Crippen LogP contribution in [-0.4, -0.2) is 42.3 Å². The van der Waals surface area contributed by atoms with Crippen molar-refractivity contribution in [2.24, 2.45) is 5.92 Å². The van der Waals surface area contributed by atoms with Crippen LogP contribution in [0.3, 0.4) is 0 Å². The van der Waals surface area contributed by atoms with Gasteiger partial charge in [0.25, 0.3) is 0 Å². The first-order chi connectivity index (χ1) is 11.4. The zero-order valence-electron chi connectivity index (χ0n) is 14.2. The van der Waals surface area contributed by atoms with Crippen LogP contribution in [0, 0.1) is 24.2 Å². The highest BCUT2D eigenvalue weighted by molar-refractivity contribution is 7.12. The van der Waals surface area contributed by atoms with Gasteiger partial charge in [0.1, 0.15) is 0 Å². The molecule has 1 unspecified atom stereocenters. The molecule has 1 aliphatic rings. The Morgan fingerprint density at radius 2 is 2.08 bits per heavy atom. The predicted molar refractivity (Wildman–Crippen MR) is 90.4 cm³/mol. The Morgan fingerprint density at radius 3 is 2.58 bits per heavy atom. The number of nitrogens with zero attached hydrogens (tertiary/aromatic N) is 2. The normalized spacial score (nSPS) is 16.5. The van der Waals surface area contributed by atoms with Gasteiger partial charge < -0.3 is 14.7 Å². The second kappa shape index (κ2) is 7.67. The molecule has 24 heavy (non-hydrogen) atoms. The summed E-state index contributed by atoms with van der Waals surface area (Å²) in [7, 11) is 1.35. The molecule has 1 aromatic heterocycles. The number of rotatable bonds is 4. The number of thiophene rings is 1. The maximum atomic E-state index is 12.1. The summed E-state index contributed by atoms with van der Waals surface area (Å²) in [6.07, 6.45) is 0.954. The van der Waals surface area contributed by atoms with Gasteiger partial charge in [-0.3, -0.25) is 0 Å². The molecule has 1 aliphatic heterocycles. The first-order valence-corrected chi connectivity index (χ1v) is 8.77. The number of piperidine rings is 1. The van der Waals surface area contributed by atoms with Crippen LogP contribution in [0.4, 0.5) is 4.79 Å². The van der Waals surface area contributed by atoms with Crippen LogP contribution in [0.25, 0.3) is 0 Å². The number of carbonyl (C=O) groups excluding carboxylic acids is 1. The second-order valence-corrected chi connectivity index (χ2v) is 7.25. The largest absolute Gasteiger partial charge is 0.465 e. The van der Waals surface area contributed by atoms with E-state index in [4.69, 9.17) is 15.1 Å². The topological polar surface area (TPSA) is 90.6 Å². The third kappa shape index (κ3) is 3.54. The molecule has 1 amide bonds. The van der Waals surface area contributed by atoms with Gasteiger partial charge >= 0.3 is 12.1 Å². The summed E-state index contributed by atoms with van der Waals surface area (Å²) >= 11 is 1.51. The average molecular weight is 350 g/mol. The predicted octanol–water partition coefficient (Wildman–Crippen LogP) is 3.40. The number of likely N-dealkylation sites (tertiary alicyclic amines) is 1. The standard InChI is InChI=1S/C17H22N2O4S/c1-10(12-5-8-19(9-6-12)17(21)22)15-11(2)14(16(20)23-3)13(24-15)4-7-18/h10,12H,4-6,8-9H2,1-3H3,(H,21,22). The van der Waals surface area contributed by atoms with Gasteiger partial charge in [-0.1, -0.05) is 6.92 Å². The molecule has 130 valence electrons. The number of ether oxygens (including phenoxy) is 1. The molecule has 2 rings (SSSR count). The molecule has 0 spiro atoms. The number of amides is 1. The van der Waals surface area contributed by atoms with E-state index in [1.165, 1.54) is 23.3 Å². The molecule has 6 nitrogen and oxygen atoms in total. The van der Waals surface area contributed by atoms with Gasteiger partial charge in [-0.15, -0.1) is 11.3 Å². The highest BCUT2D eigenvalue weighted by Crippen LogP contribution is 2.40. The fraction of sp³-hybridized carbons (Fsp3) is 0.588. The molecule has 0 aliphatic carbocycles. The summed E-state index contributed by atoms with van der Waals surface area (Å²) in [5, 5.41) is 18.1. The van der Waals surface area contributed by atoms with Gasteiger partial charge in [-0.25, -0.2) is 9.59 Å². The molecule has 1 atom stereocenters. The van der Waals surface area contributed by atoms with E-state index in [2.05, 4.69) is 13.0 Å². The average Bonchev–Trinajstić information content (AvgIpc) is 2.90. The van der Waals surface area contributed by atoms with Gasteiger partial charge in [0.2, 0.25) is 0 Å². The third-order valence-electron chi connectivity index (χ3n) is 4.82. The molecule has 1 fully saturated rings. The molecule has 2 heterocycles. The van der Waals surface area contributed by atoms with E-state index in [0.29, 0.717) is 24.6 Å². The number of esters is 1. The van der Waals surface area contributed by atoms with Crippen LogP contribution in [0.2, 0.25) is 0 Å². The van der Waals surface area contributed by atoms with Crippen LogP contribution in [0.5, 0.6) is 0 Å². The van der Waals surface area contributed by atoms with E-state index in [1.54, 1.807) is 0 Å². The monoisotopic (exact) mass is 350 g/mol. The minimum absolute atomic E-state index is 0.195. The molecule has 1 aromatic rings. The minimum atomic E-state index is -0.863. The van der Waals surface area contributed by atoms with Crippen molar-refractivity contribution in [2.75, 3.05) is 20.2 Å². The zero-order valence-corrected chi connectivity index (χ0v) is 15.0. The summed E-state index contributed by atoms with van der Waals surface area (Å²) in [6, 6.07) is 2.11. The molecular formula is C17H22N2O4S. The van der Waals surface area contributed by atoms with Crippen molar-refractivity contribution < 1.29 is 19.4 Å². The number of carbonyl (C=O) groups is 2. The first-order valence-electron chi connectivity index (χ1n) is 7.96. The quantitative estimate of drug-likeness (QED) is 0.840. The van der Waals surface area contributed by atoms with Gasteiger partial charge in [0, 0.05) is 22.8 Å². The molecule has 1 N–H and O–H groups in total. The Bertz CT molecular complexity index is 669. The third-order valence-corrected chi connectivity index (χ3v) is 6.31. The summed E-state index contributed by atoms with van der Waals surface area (Å²) in [4.78, 5) is 26.4. The van der Waals surface area contributed by atoms with Crippen molar-refractivity contribution in [3.05, 3.63) is 20.9 Å². The van der Waals surface area contributed by atoms with Crippen LogP contribution in [0.1, 0.15) is 51.4 Å². The first kappa shape index (κ1) is 18.3. The fourth-order valence-corrected chi connectivity index (χ4v) is 4.77. The molecule has 0 saturated carbocycles. The fourth-order valence-electron chi connectivity index (χ4n) is 3.40. The van der Waals surface area contributed by atoms with E-state index < -0.39 is 12.1 Å². The van der Waals surface area contributed by atoms with E-state index in [-0.39, 0.29) is 12.3 Å². The molecule has 0 bridgehead atoms. The van der Waals surface area contributed by atoms with E-state index >= 15 is 0 Å². The van der Waals surface area contributed by atoms with Gasteiger partial charge in [-0.2, -0.15) is 5.26 Å². The van der Waals surface area contributed by atoms with Gasteiger partial charge in [0.15, 0.2) is 0 Å². The Balaban J connectivity index is 2.24. The minimum Gasteiger partial charge on any atom is -0.465 e. The lowest BCUT2D eigenvalue weighted by Crippen LogP contribution is -2.38. The van der Waals surface area contributed by atoms with Gasteiger partial charge in [-0.05, 0) is 37.2 Å². The van der Waals surface area contributed by atoms with Crippen molar-refractivity contribution in [2.45, 2.75) is 39.0 Å². The Morgan fingerprint density at radius 1 is 1.46 bits per heavy atom. The second-order valence-electron chi connectivity index (χ2n) is 6.11. The molecule has 0 aromatic carbocycles. The van der Waals surface area contributed by atoms with Crippen LogP contribution >= 0.6 is 11.3 Å². The Kier molecular flexibility index (Phi) is 5.84. The summed E-state index contributed by atoms with van der Waals surface area (Å²) in [6.45, 7) is 5.12. The van der Waals surface area contributed by atoms with Crippen LogP contribution in [-0.2, 0) is 11.2 Å². The van der Waals surface area contributed by atoms with Gasteiger partial charge in [0.05, 0.1) is 25.2 Å². The number of hydrogen-bond acceptors (Lipinski definition) is 5. The summed E-state index contributed by atoms with van der Waals surface area (Å²) in [5.41, 5.74) is 1.42. The number of hydrogen-bond donors (Lipinski definition) is 1. The van der Waals surface area contributed by atoms with Crippen molar-refractivity contribution >= 4 is 23.4 Å². The van der Waals surface area contributed by atoms with Crippen LogP contribution in [0.15, 0.2) is 0 Å². The zero-order chi connectivity index (χ0) is 17.9. The highest BCUT2D eigenvalue weighted by atomic mass is 32.1. The van der Waals surface area contributed by atoms with E-state index in [9.17, 15) is 9.59 Å².